The van der Waals surface area contributed by atoms with Crippen LogP contribution in [0.15, 0.2) is 48.5 Å². The number of carbonyl (C=O) groups excluding carboxylic acids is 1. The molecule has 1 amide bonds. The van der Waals surface area contributed by atoms with Crippen LogP contribution in [0.4, 0.5) is 11.4 Å². The normalized spacial score (nSPS) is 14.0. The van der Waals surface area contributed by atoms with E-state index in [1.807, 2.05) is 43.3 Å². The van der Waals surface area contributed by atoms with Crippen LogP contribution >= 0.6 is 12.4 Å². The van der Waals surface area contributed by atoms with E-state index in [0.29, 0.717) is 0 Å². The molecule has 0 spiro atoms. The van der Waals surface area contributed by atoms with Crippen molar-refractivity contribution >= 4 is 29.7 Å². The molecule has 1 atom stereocenters. The minimum atomic E-state index is -0.152. The van der Waals surface area contributed by atoms with Crippen molar-refractivity contribution in [3.8, 4) is 0 Å². The maximum absolute atomic E-state index is 12.4. The van der Waals surface area contributed by atoms with E-state index in [9.17, 15) is 4.79 Å². The zero-order valence-electron chi connectivity index (χ0n) is 12.6. The average molecular weight is 317 g/mol. The summed E-state index contributed by atoms with van der Waals surface area (Å²) in [6, 6.07) is 16.0. The molecule has 0 aromatic heterocycles. The van der Waals surface area contributed by atoms with Gasteiger partial charge in [0.25, 0.3) is 0 Å². The molecule has 2 aromatic carbocycles. The number of fused-ring (bicyclic) bond motifs is 1. The van der Waals surface area contributed by atoms with Crippen LogP contribution in [0, 0.1) is 0 Å². The van der Waals surface area contributed by atoms with Gasteiger partial charge in [0.15, 0.2) is 0 Å². The quantitative estimate of drug-likeness (QED) is 0.890. The number of aryl methyl sites for hydroxylation is 1. The second-order valence-electron chi connectivity index (χ2n) is 5.52. The van der Waals surface area contributed by atoms with E-state index >= 15 is 0 Å². The molecule has 0 saturated carbocycles. The second-order valence-corrected chi connectivity index (χ2v) is 5.52. The number of anilines is 2. The van der Waals surface area contributed by atoms with Gasteiger partial charge in [0.2, 0.25) is 5.91 Å². The maximum atomic E-state index is 12.4. The highest BCUT2D eigenvalue weighted by molar-refractivity contribution is 5.95. The summed E-state index contributed by atoms with van der Waals surface area (Å²) >= 11 is 0. The molecule has 2 N–H and O–H groups in total. The van der Waals surface area contributed by atoms with E-state index < -0.39 is 0 Å². The van der Waals surface area contributed by atoms with Gasteiger partial charge in [-0.05, 0) is 49.1 Å². The topological polar surface area (TPSA) is 41.1 Å². The number of rotatable bonds is 3. The number of nitrogens with one attached hydrogen (secondary N) is 2. The highest BCUT2D eigenvalue weighted by Crippen LogP contribution is 2.26. The first-order valence-electron chi connectivity index (χ1n) is 7.46. The van der Waals surface area contributed by atoms with Gasteiger partial charge >= 0.3 is 0 Å². The molecule has 0 radical (unpaired) electrons. The van der Waals surface area contributed by atoms with Crippen molar-refractivity contribution in [1.29, 1.82) is 0 Å². The Morgan fingerprint density at radius 3 is 2.73 bits per heavy atom. The molecule has 1 heterocycles. The number of hydrogen-bond acceptors (Lipinski definition) is 2. The van der Waals surface area contributed by atoms with Crippen LogP contribution in [-0.4, -0.2) is 12.5 Å². The summed E-state index contributed by atoms with van der Waals surface area (Å²) in [4.78, 5) is 12.4. The van der Waals surface area contributed by atoms with Crippen molar-refractivity contribution in [2.24, 2.45) is 0 Å². The summed E-state index contributed by atoms with van der Waals surface area (Å²) in [5, 5.41) is 6.40. The van der Waals surface area contributed by atoms with Gasteiger partial charge in [0.05, 0.1) is 5.92 Å². The van der Waals surface area contributed by atoms with E-state index in [4.69, 9.17) is 0 Å². The zero-order chi connectivity index (χ0) is 14.7. The molecule has 116 valence electrons. The summed E-state index contributed by atoms with van der Waals surface area (Å²) in [5.41, 5.74) is 4.39. The molecule has 3 rings (SSSR count). The van der Waals surface area contributed by atoms with Crippen molar-refractivity contribution in [2.75, 3.05) is 17.2 Å². The largest absolute Gasteiger partial charge is 0.385 e. The number of benzene rings is 2. The number of hydrogen-bond donors (Lipinski definition) is 2. The predicted octanol–water partition coefficient (Wildman–Crippen LogP) is 4.21. The second kappa shape index (κ2) is 7.32. The average Bonchev–Trinajstić information content (AvgIpc) is 2.55. The molecule has 22 heavy (non-hydrogen) atoms. The third kappa shape index (κ3) is 3.60. The number of amides is 1. The molecule has 1 aliphatic rings. The highest BCUT2D eigenvalue weighted by Gasteiger charge is 2.16. The van der Waals surface area contributed by atoms with Crippen LogP contribution in [0.2, 0.25) is 0 Å². The fraction of sp³-hybridized carbons (Fsp3) is 0.278. The first-order valence-corrected chi connectivity index (χ1v) is 7.46. The molecule has 0 aliphatic carbocycles. The van der Waals surface area contributed by atoms with E-state index in [0.717, 1.165) is 30.6 Å². The van der Waals surface area contributed by atoms with Gasteiger partial charge in [0, 0.05) is 17.9 Å². The lowest BCUT2D eigenvalue weighted by Crippen LogP contribution is -2.19. The highest BCUT2D eigenvalue weighted by atomic mass is 35.5. The van der Waals surface area contributed by atoms with Gasteiger partial charge in [0.1, 0.15) is 0 Å². The lowest BCUT2D eigenvalue weighted by Gasteiger charge is -2.19. The standard InChI is InChI=1S/C18H20N2O.ClH/c1-13(14-6-3-2-4-7-14)18(21)20-16-9-10-17-15(12-16)8-5-11-19-17;/h2-4,6-7,9-10,12-13,19H,5,8,11H2,1H3,(H,20,21);1H. The molecule has 0 fully saturated rings. The SMILES string of the molecule is CC(C(=O)Nc1ccc2c(c1)CCCN2)c1ccccc1.Cl. The monoisotopic (exact) mass is 316 g/mol. The minimum Gasteiger partial charge on any atom is -0.385 e. The maximum Gasteiger partial charge on any atom is 0.231 e. The predicted molar refractivity (Wildman–Crippen MR) is 94.0 cm³/mol. The molecule has 0 bridgehead atoms. The van der Waals surface area contributed by atoms with Crippen molar-refractivity contribution in [2.45, 2.75) is 25.7 Å². The number of carbonyl (C=O) groups is 1. The van der Waals surface area contributed by atoms with Crippen LogP contribution in [0.3, 0.4) is 0 Å². The fourth-order valence-electron chi connectivity index (χ4n) is 2.70. The molecule has 3 nitrogen and oxygen atoms in total. The van der Waals surface area contributed by atoms with Crippen molar-refractivity contribution in [1.82, 2.24) is 0 Å². The van der Waals surface area contributed by atoms with Crippen LogP contribution in [-0.2, 0) is 11.2 Å². The summed E-state index contributed by atoms with van der Waals surface area (Å²) in [5.74, 6) is -0.120. The van der Waals surface area contributed by atoms with E-state index in [1.54, 1.807) is 0 Å². The van der Waals surface area contributed by atoms with E-state index in [2.05, 4.69) is 22.8 Å². The zero-order valence-corrected chi connectivity index (χ0v) is 13.5. The Hall–Kier alpha value is -2.00. The summed E-state index contributed by atoms with van der Waals surface area (Å²) < 4.78 is 0. The van der Waals surface area contributed by atoms with Crippen molar-refractivity contribution in [3.05, 3.63) is 59.7 Å². The Bertz CT molecular complexity index is 643. The third-order valence-corrected chi connectivity index (χ3v) is 4.00. The van der Waals surface area contributed by atoms with Gasteiger partial charge in [-0.3, -0.25) is 4.79 Å². The van der Waals surface area contributed by atoms with Crippen molar-refractivity contribution < 1.29 is 4.79 Å². The summed E-state index contributed by atoms with van der Waals surface area (Å²) in [7, 11) is 0. The summed E-state index contributed by atoms with van der Waals surface area (Å²) in [6.45, 7) is 2.97. The van der Waals surface area contributed by atoms with Crippen molar-refractivity contribution in [3.63, 3.8) is 0 Å². The molecule has 1 unspecified atom stereocenters. The van der Waals surface area contributed by atoms with Gasteiger partial charge in [-0.1, -0.05) is 30.3 Å². The van der Waals surface area contributed by atoms with Gasteiger partial charge in [-0.2, -0.15) is 0 Å². The fourth-order valence-corrected chi connectivity index (χ4v) is 2.70. The van der Waals surface area contributed by atoms with E-state index in [1.165, 1.54) is 11.3 Å². The molecule has 0 saturated heterocycles. The smallest absolute Gasteiger partial charge is 0.231 e. The lowest BCUT2D eigenvalue weighted by atomic mass is 9.99. The van der Waals surface area contributed by atoms with Gasteiger partial charge < -0.3 is 10.6 Å². The van der Waals surface area contributed by atoms with Gasteiger partial charge in [-0.15, -0.1) is 12.4 Å². The Morgan fingerprint density at radius 2 is 1.95 bits per heavy atom. The molecular weight excluding hydrogens is 296 g/mol. The Kier molecular flexibility index (Phi) is 5.45. The molecule has 4 heteroatoms. The summed E-state index contributed by atoms with van der Waals surface area (Å²) in [6.07, 6.45) is 2.21. The minimum absolute atomic E-state index is 0. The van der Waals surface area contributed by atoms with Gasteiger partial charge in [-0.25, -0.2) is 0 Å². The Morgan fingerprint density at radius 1 is 1.18 bits per heavy atom. The number of halogens is 1. The Labute approximate surface area is 137 Å². The third-order valence-electron chi connectivity index (χ3n) is 4.00. The lowest BCUT2D eigenvalue weighted by molar-refractivity contribution is -0.117. The van der Waals surface area contributed by atoms with Crippen LogP contribution in [0.25, 0.3) is 0 Å². The molecule has 1 aliphatic heterocycles. The van der Waals surface area contributed by atoms with Crippen LogP contribution in [0.5, 0.6) is 0 Å². The first-order chi connectivity index (χ1) is 10.2. The molecular formula is C18H21ClN2O. The van der Waals surface area contributed by atoms with Crippen LogP contribution < -0.4 is 10.6 Å². The Balaban J connectivity index is 0.00000176. The van der Waals surface area contributed by atoms with Crippen LogP contribution in [0.1, 0.15) is 30.4 Å². The first kappa shape index (κ1) is 16.4. The molecule has 2 aromatic rings. The van der Waals surface area contributed by atoms with E-state index in [-0.39, 0.29) is 24.2 Å².